The third-order valence-electron chi connectivity index (χ3n) is 3.36. The predicted molar refractivity (Wildman–Crippen MR) is 75.5 cm³/mol. The number of carbonyl (C=O) groups is 1. The Hall–Kier alpha value is -2.21. The van der Waals surface area contributed by atoms with Crippen molar-refractivity contribution in [2.75, 3.05) is 20.8 Å². The number of methoxy groups -OCH3 is 2. The molecule has 2 unspecified atom stereocenters. The predicted octanol–water partition coefficient (Wildman–Crippen LogP) is -0.964. The van der Waals surface area contributed by atoms with Crippen LogP contribution in [0.5, 0.6) is 0 Å². The first-order chi connectivity index (χ1) is 10.6. The molecule has 1 fully saturated rings. The summed E-state index contributed by atoms with van der Waals surface area (Å²) in [5.74, 6) is 4.52. The van der Waals surface area contributed by atoms with Gasteiger partial charge in [0.1, 0.15) is 17.9 Å². The summed E-state index contributed by atoms with van der Waals surface area (Å²) in [5.41, 5.74) is -1.25. The van der Waals surface area contributed by atoms with Gasteiger partial charge in [-0.2, -0.15) is 0 Å². The molecule has 0 radical (unpaired) electrons. The van der Waals surface area contributed by atoms with Crippen LogP contribution in [0.1, 0.15) is 18.2 Å². The molecule has 118 valence electrons. The molecule has 8 nitrogen and oxygen atoms in total. The van der Waals surface area contributed by atoms with Crippen molar-refractivity contribution in [1.29, 1.82) is 0 Å². The topological polar surface area (TPSA) is 99.6 Å². The highest BCUT2D eigenvalue weighted by Crippen LogP contribution is 2.29. The van der Waals surface area contributed by atoms with Gasteiger partial charge in [0.05, 0.1) is 12.7 Å². The second kappa shape index (κ2) is 7.17. The average molecular weight is 308 g/mol. The van der Waals surface area contributed by atoms with Crippen LogP contribution in [-0.4, -0.2) is 48.9 Å². The van der Waals surface area contributed by atoms with E-state index in [2.05, 4.69) is 16.8 Å². The molecule has 0 bridgehead atoms. The third kappa shape index (κ3) is 3.33. The Morgan fingerprint density at radius 1 is 1.50 bits per heavy atom. The van der Waals surface area contributed by atoms with Gasteiger partial charge in [0.25, 0.3) is 5.56 Å². The van der Waals surface area contributed by atoms with Gasteiger partial charge in [0, 0.05) is 26.8 Å². The van der Waals surface area contributed by atoms with Crippen molar-refractivity contribution >= 4 is 6.29 Å². The Labute approximate surface area is 126 Å². The minimum atomic E-state index is -0.648. The number of aromatic amines is 1. The molecule has 0 saturated carbocycles. The lowest BCUT2D eigenvalue weighted by atomic mass is 10.2. The van der Waals surface area contributed by atoms with Gasteiger partial charge in [0.15, 0.2) is 6.29 Å². The largest absolute Gasteiger partial charge is 0.382 e. The lowest BCUT2D eigenvalue weighted by molar-refractivity contribution is -0.103. The van der Waals surface area contributed by atoms with Crippen molar-refractivity contribution in [3.63, 3.8) is 0 Å². The fraction of sp³-hybridized carbons (Fsp3) is 0.500. The molecule has 8 heteroatoms. The molecular formula is C14H16N2O6. The highest BCUT2D eigenvalue weighted by molar-refractivity contribution is 5.73. The van der Waals surface area contributed by atoms with E-state index in [4.69, 9.17) is 14.2 Å². The summed E-state index contributed by atoms with van der Waals surface area (Å²) in [6, 6.07) is 0. The van der Waals surface area contributed by atoms with Crippen LogP contribution in [0.3, 0.4) is 0 Å². The zero-order valence-electron chi connectivity index (χ0n) is 12.2. The van der Waals surface area contributed by atoms with Crippen molar-refractivity contribution in [2.45, 2.75) is 24.9 Å². The van der Waals surface area contributed by atoms with Crippen LogP contribution < -0.4 is 11.2 Å². The number of H-pyrrole nitrogens is 1. The van der Waals surface area contributed by atoms with Crippen molar-refractivity contribution < 1.29 is 19.0 Å². The van der Waals surface area contributed by atoms with Crippen LogP contribution in [0.2, 0.25) is 0 Å². The van der Waals surface area contributed by atoms with Gasteiger partial charge in [-0.05, 0) is 5.92 Å². The Morgan fingerprint density at radius 2 is 2.27 bits per heavy atom. The number of carbonyl (C=O) groups excluding carboxylic acids is 1. The summed E-state index contributed by atoms with van der Waals surface area (Å²) in [5, 5.41) is 0. The molecule has 1 saturated heterocycles. The maximum Gasteiger partial charge on any atom is 0.330 e. The standard InChI is InChI=1S/C14H16N2O6/c1-20-8-11-10(21-2)6-12(22-11)16-7-9(4-3-5-17)13(18)15-14(16)19/h5,7,10-12H,6,8H2,1-2H3,(H,15,18,19)/t10-,11?,12?/m1/s1. The van der Waals surface area contributed by atoms with Crippen LogP contribution in [0, 0.1) is 11.8 Å². The normalized spacial score (nSPS) is 23.8. The fourth-order valence-electron chi connectivity index (χ4n) is 2.33. The van der Waals surface area contributed by atoms with E-state index in [9.17, 15) is 14.4 Å². The summed E-state index contributed by atoms with van der Waals surface area (Å²) in [7, 11) is 3.10. The van der Waals surface area contributed by atoms with E-state index in [1.807, 2.05) is 0 Å². The number of ether oxygens (including phenoxy) is 3. The van der Waals surface area contributed by atoms with Gasteiger partial charge >= 0.3 is 5.69 Å². The van der Waals surface area contributed by atoms with Crippen LogP contribution in [0.25, 0.3) is 0 Å². The summed E-state index contributed by atoms with van der Waals surface area (Å²) >= 11 is 0. The summed E-state index contributed by atoms with van der Waals surface area (Å²) < 4.78 is 17.4. The number of aromatic nitrogens is 2. The maximum atomic E-state index is 12.0. The van der Waals surface area contributed by atoms with Gasteiger partial charge in [-0.25, -0.2) is 4.79 Å². The first-order valence-corrected chi connectivity index (χ1v) is 6.58. The van der Waals surface area contributed by atoms with Crippen LogP contribution >= 0.6 is 0 Å². The van der Waals surface area contributed by atoms with Crippen molar-refractivity contribution in [1.82, 2.24) is 9.55 Å². The summed E-state index contributed by atoms with van der Waals surface area (Å²) in [4.78, 5) is 36.0. The van der Waals surface area contributed by atoms with Gasteiger partial charge in [-0.1, -0.05) is 5.92 Å². The first kappa shape index (κ1) is 16.2. The quantitative estimate of drug-likeness (QED) is 0.568. The van der Waals surface area contributed by atoms with Crippen LogP contribution in [0.4, 0.5) is 0 Å². The molecular weight excluding hydrogens is 292 g/mol. The third-order valence-corrected chi connectivity index (χ3v) is 3.36. The summed E-state index contributed by atoms with van der Waals surface area (Å²) in [6.07, 6.45) is 0.931. The summed E-state index contributed by atoms with van der Waals surface area (Å²) in [6.45, 7) is 0.324. The minimum absolute atomic E-state index is 0.0134. The van der Waals surface area contributed by atoms with Gasteiger partial charge in [-0.15, -0.1) is 0 Å². The smallest absolute Gasteiger partial charge is 0.330 e. The molecule has 0 aromatic carbocycles. The van der Waals surface area contributed by atoms with Crippen LogP contribution in [0.15, 0.2) is 15.8 Å². The molecule has 2 heterocycles. The minimum Gasteiger partial charge on any atom is -0.382 e. The zero-order chi connectivity index (χ0) is 16.1. The van der Waals surface area contributed by atoms with Gasteiger partial charge in [-0.3, -0.25) is 19.1 Å². The molecule has 0 spiro atoms. The zero-order valence-corrected chi connectivity index (χ0v) is 12.2. The van der Waals surface area contributed by atoms with E-state index >= 15 is 0 Å². The van der Waals surface area contributed by atoms with Crippen molar-refractivity contribution in [3.05, 3.63) is 32.6 Å². The average Bonchev–Trinajstić information content (AvgIpc) is 2.89. The number of aldehydes is 1. The lowest BCUT2D eigenvalue weighted by Crippen LogP contribution is -2.33. The molecule has 22 heavy (non-hydrogen) atoms. The Balaban J connectivity index is 2.35. The van der Waals surface area contributed by atoms with E-state index in [0.29, 0.717) is 19.3 Å². The van der Waals surface area contributed by atoms with Gasteiger partial charge in [0.2, 0.25) is 0 Å². The van der Waals surface area contributed by atoms with E-state index in [-0.39, 0.29) is 17.8 Å². The first-order valence-electron chi connectivity index (χ1n) is 6.58. The highest BCUT2D eigenvalue weighted by atomic mass is 16.6. The van der Waals surface area contributed by atoms with Gasteiger partial charge < -0.3 is 14.2 Å². The molecule has 2 rings (SSSR count). The van der Waals surface area contributed by atoms with E-state index in [0.717, 1.165) is 0 Å². The molecule has 0 amide bonds. The van der Waals surface area contributed by atoms with Crippen molar-refractivity contribution in [3.8, 4) is 11.8 Å². The molecule has 1 aromatic heterocycles. The monoisotopic (exact) mass is 308 g/mol. The lowest BCUT2D eigenvalue weighted by Gasteiger charge is -2.16. The second-order valence-electron chi connectivity index (χ2n) is 4.69. The molecule has 1 N–H and O–H groups in total. The Bertz CT molecular complexity index is 711. The molecule has 1 aliphatic rings. The Morgan fingerprint density at radius 3 is 2.91 bits per heavy atom. The number of hydrogen-bond donors (Lipinski definition) is 1. The second-order valence-corrected chi connectivity index (χ2v) is 4.69. The van der Waals surface area contributed by atoms with Crippen molar-refractivity contribution in [2.24, 2.45) is 0 Å². The molecule has 1 aromatic rings. The van der Waals surface area contributed by atoms with E-state index in [1.165, 1.54) is 10.8 Å². The highest BCUT2D eigenvalue weighted by Gasteiger charge is 2.36. The Kier molecular flexibility index (Phi) is 5.27. The number of hydrogen-bond acceptors (Lipinski definition) is 6. The van der Waals surface area contributed by atoms with E-state index in [1.54, 1.807) is 14.2 Å². The molecule has 3 atom stereocenters. The fourth-order valence-corrected chi connectivity index (χ4v) is 2.33. The maximum absolute atomic E-state index is 12.0. The molecule has 1 aliphatic heterocycles. The van der Waals surface area contributed by atoms with Crippen LogP contribution in [-0.2, 0) is 19.0 Å². The number of rotatable bonds is 4. The number of nitrogens with zero attached hydrogens (tertiary/aromatic N) is 1. The molecule has 0 aliphatic carbocycles. The number of nitrogens with one attached hydrogen (secondary N) is 1. The SMILES string of the molecule is COCC1OC(n2cc(C#CC=O)c(=O)[nH]c2=O)C[C@H]1OC. The van der Waals surface area contributed by atoms with E-state index < -0.39 is 17.5 Å².